The molecule has 1 aliphatic rings. The first-order valence-electron chi connectivity index (χ1n) is 8.95. The smallest absolute Gasteiger partial charge is 0.173 e. The highest BCUT2D eigenvalue weighted by atomic mass is 32.1. The molecule has 1 fully saturated rings. The van der Waals surface area contributed by atoms with Crippen molar-refractivity contribution in [3.8, 4) is 11.5 Å². The molecule has 1 aliphatic heterocycles. The minimum absolute atomic E-state index is 0.229. The fourth-order valence-electron chi connectivity index (χ4n) is 3.26. The zero-order chi connectivity index (χ0) is 19.2. The highest BCUT2D eigenvalue weighted by Crippen LogP contribution is 2.19. The zero-order valence-corrected chi connectivity index (χ0v) is 16.4. The Bertz CT molecular complexity index is 795. The lowest BCUT2D eigenvalue weighted by molar-refractivity contribution is -0.917. The number of hydrogen-bond acceptors (Lipinski definition) is 3. The Morgan fingerprint density at radius 1 is 1.15 bits per heavy atom. The van der Waals surface area contributed by atoms with E-state index in [9.17, 15) is 4.39 Å². The quantitative estimate of drug-likeness (QED) is 0.764. The SMILES string of the molecule is COc1cccc(NC(=S)N2CC[NH+](Cc3cc(F)ccc3OC)CC2)c1. The Labute approximate surface area is 164 Å². The molecule has 5 nitrogen and oxygen atoms in total. The summed E-state index contributed by atoms with van der Waals surface area (Å²) in [6.07, 6.45) is 0. The van der Waals surface area contributed by atoms with Crippen LogP contribution in [0.15, 0.2) is 42.5 Å². The average molecular weight is 391 g/mol. The third-order valence-electron chi connectivity index (χ3n) is 4.76. The predicted octanol–water partition coefficient (Wildman–Crippen LogP) is 1.94. The van der Waals surface area contributed by atoms with Gasteiger partial charge in [-0.1, -0.05) is 6.07 Å². The van der Waals surface area contributed by atoms with Crippen molar-refractivity contribution in [1.82, 2.24) is 4.90 Å². The van der Waals surface area contributed by atoms with Gasteiger partial charge in [-0.05, 0) is 42.5 Å². The number of halogens is 1. The van der Waals surface area contributed by atoms with Gasteiger partial charge < -0.3 is 24.6 Å². The molecule has 0 aliphatic carbocycles. The minimum Gasteiger partial charge on any atom is -0.497 e. The summed E-state index contributed by atoms with van der Waals surface area (Å²) in [5.41, 5.74) is 1.82. The maximum absolute atomic E-state index is 13.6. The molecule has 0 radical (unpaired) electrons. The highest BCUT2D eigenvalue weighted by Gasteiger charge is 2.23. The van der Waals surface area contributed by atoms with Crippen LogP contribution in [0.4, 0.5) is 10.1 Å². The van der Waals surface area contributed by atoms with Gasteiger partial charge in [0.05, 0.1) is 46.0 Å². The number of benzene rings is 2. The summed E-state index contributed by atoms with van der Waals surface area (Å²) in [6, 6.07) is 12.4. The zero-order valence-electron chi connectivity index (χ0n) is 15.6. The second-order valence-corrected chi connectivity index (χ2v) is 6.92. The second-order valence-electron chi connectivity index (χ2n) is 6.53. The maximum Gasteiger partial charge on any atom is 0.173 e. The molecular formula is C20H25FN3O2S+. The van der Waals surface area contributed by atoms with Crippen LogP contribution in [0.3, 0.4) is 0 Å². The van der Waals surface area contributed by atoms with Gasteiger partial charge in [-0.25, -0.2) is 4.39 Å². The minimum atomic E-state index is -0.229. The Kier molecular flexibility index (Phi) is 6.47. The van der Waals surface area contributed by atoms with E-state index in [-0.39, 0.29) is 5.82 Å². The number of rotatable bonds is 5. The van der Waals surface area contributed by atoms with Gasteiger partial charge in [0, 0.05) is 11.8 Å². The van der Waals surface area contributed by atoms with E-state index in [1.165, 1.54) is 11.0 Å². The monoisotopic (exact) mass is 390 g/mol. The van der Waals surface area contributed by atoms with Crippen LogP contribution in [0.5, 0.6) is 11.5 Å². The van der Waals surface area contributed by atoms with Gasteiger partial charge in [-0.2, -0.15) is 0 Å². The van der Waals surface area contributed by atoms with Crippen LogP contribution in [0, 0.1) is 5.82 Å². The molecular weight excluding hydrogens is 365 g/mol. The van der Waals surface area contributed by atoms with Crippen molar-refractivity contribution in [3.63, 3.8) is 0 Å². The van der Waals surface area contributed by atoms with E-state index >= 15 is 0 Å². The third kappa shape index (κ3) is 5.08. The first-order chi connectivity index (χ1) is 13.1. The van der Waals surface area contributed by atoms with E-state index in [1.807, 2.05) is 24.3 Å². The van der Waals surface area contributed by atoms with Gasteiger partial charge in [0.1, 0.15) is 23.9 Å². The number of nitrogens with one attached hydrogen (secondary N) is 2. The number of nitrogens with zero attached hydrogens (tertiary/aromatic N) is 1. The van der Waals surface area contributed by atoms with Crippen molar-refractivity contribution >= 4 is 23.0 Å². The molecule has 2 aromatic rings. The molecule has 1 saturated heterocycles. The van der Waals surface area contributed by atoms with Gasteiger partial charge in [-0.3, -0.25) is 0 Å². The van der Waals surface area contributed by atoms with Crippen LogP contribution >= 0.6 is 12.2 Å². The van der Waals surface area contributed by atoms with Crippen molar-refractivity contribution in [2.75, 3.05) is 45.7 Å². The lowest BCUT2D eigenvalue weighted by Crippen LogP contribution is -3.13. The van der Waals surface area contributed by atoms with Gasteiger partial charge in [0.2, 0.25) is 0 Å². The van der Waals surface area contributed by atoms with Gasteiger partial charge >= 0.3 is 0 Å². The number of ether oxygens (including phenoxy) is 2. The fourth-order valence-corrected chi connectivity index (χ4v) is 3.56. The first-order valence-corrected chi connectivity index (χ1v) is 9.36. The van der Waals surface area contributed by atoms with Gasteiger partial charge in [0.25, 0.3) is 0 Å². The van der Waals surface area contributed by atoms with E-state index in [0.29, 0.717) is 5.11 Å². The second kappa shape index (κ2) is 9.01. The molecule has 0 spiro atoms. The topological polar surface area (TPSA) is 38.2 Å². The van der Waals surface area contributed by atoms with Crippen LogP contribution in [-0.2, 0) is 6.54 Å². The Morgan fingerprint density at radius 2 is 1.93 bits per heavy atom. The molecule has 1 heterocycles. The molecule has 2 aromatic carbocycles. The number of hydrogen-bond donors (Lipinski definition) is 2. The predicted molar refractivity (Wildman–Crippen MR) is 108 cm³/mol. The fraction of sp³-hybridized carbons (Fsp3) is 0.350. The molecule has 0 amide bonds. The molecule has 2 N–H and O–H groups in total. The van der Waals surface area contributed by atoms with Gasteiger partial charge in [-0.15, -0.1) is 0 Å². The third-order valence-corrected chi connectivity index (χ3v) is 5.12. The number of thiocarbonyl (C=S) groups is 1. The van der Waals surface area contributed by atoms with Crippen LogP contribution in [-0.4, -0.2) is 50.4 Å². The lowest BCUT2D eigenvalue weighted by atomic mass is 10.1. The molecule has 0 aromatic heterocycles. The molecule has 0 atom stereocenters. The molecule has 0 saturated carbocycles. The average Bonchev–Trinajstić information content (AvgIpc) is 2.69. The Balaban J connectivity index is 1.54. The maximum atomic E-state index is 13.6. The molecule has 7 heteroatoms. The number of quaternary nitrogens is 1. The standard InChI is InChI=1S/C20H24FN3O2S/c1-25-18-5-3-4-17(13-18)22-20(27)24-10-8-23(9-11-24)14-15-12-16(21)6-7-19(15)26-2/h3-7,12-13H,8-11,14H2,1-2H3,(H,22,27)/p+1. The largest absolute Gasteiger partial charge is 0.497 e. The summed E-state index contributed by atoms with van der Waals surface area (Å²) in [4.78, 5) is 3.56. The Hall–Kier alpha value is -2.38. The van der Waals surface area contributed by atoms with Crippen molar-refractivity contribution in [3.05, 3.63) is 53.8 Å². The van der Waals surface area contributed by atoms with Crippen LogP contribution in [0.1, 0.15) is 5.56 Å². The van der Waals surface area contributed by atoms with E-state index in [4.69, 9.17) is 21.7 Å². The summed E-state index contributed by atoms with van der Waals surface area (Å²) >= 11 is 5.56. The van der Waals surface area contributed by atoms with Gasteiger partial charge in [0.15, 0.2) is 5.11 Å². The molecule has 0 bridgehead atoms. The summed E-state index contributed by atoms with van der Waals surface area (Å²) in [5, 5.41) is 3.99. The summed E-state index contributed by atoms with van der Waals surface area (Å²) in [5.74, 6) is 1.30. The summed E-state index contributed by atoms with van der Waals surface area (Å²) in [7, 11) is 3.26. The molecule has 3 rings (SSSR count). The molecule has 0 unspecified atom stereocenters. The number of methoxy groups -OCH3 is 2. The summed E-state index contributed by atoms with van der Waals surface area (Å²) in [6.45, 7) is 4.30. The first kappa shape index (κ1) is 19.4. The van der Waals surface area contributed by atoms with Crippen LogP contribution in [0.2, 0.25) is 0 Å². The molecule has 144 valence electrons. The molecule has 27 heavy (non-hydrogen) atoms. The Morgan fingerprint density at radius 3 is 2.63 bits per heavy atom. The normalized spacial score (nSPS) is 14.7. The van der Waals surface area contributed by atoms with E-state index in [0.717, 1.165) is 55.5 Å². The van der Waals surface area contributed by atoms with Crippen molar-refractivity contribution in [2.45, 2.75) is 6.54 Å². The summed E-state index contributed by atoms with van der Waals surface area (Å²) < 4.78 is 24.2. The lowest BCUT2D eigenvalue weighted by Gasteiger charge is -2.34. The van der Waals surface area contributed by atoms with Crippen molar-refractivity contribution in [1.29, 1.82) is 0 Å². The van der Waals surface area contributed by atoms with E-state index in [1.54, 1.807) is 26.4 Å². The van der Waals surface area contributed by atoms with Crippen LogP contribution < -0.4 is 19.7 Å². The highest BCUT2D eigenvalue weighted by molar-refractivity contribution is 7.80. The van der Waals surface area contributed by atoms with E-state index in [2.05, 4.69) is 10.2 Å². The number of anilines is 1. The van der Waals surface area contributed by atoms with Crippen molar-refractivity contribution < 1.29 is 18.8 Å². The number of piperazine rings is 1. The van der Waals surface area contributed by atoms with Crippen molar-refractivity contribution in [2.24, 2.45) is 0 Å². The van der Waals surface area contributed by atoms with Crippen LogP contribution in [0.25, 0.3) is 0 Å². The van der Waals surface area contributed by atoms with E-state index < -0.39 is 0 Å².